The summed E-state index contributed by atoms with van der Waals surface area (Å²) in [6.45, 7) is 6.32. The molecule has 0 aliphatic rings. The monoisotopic (exact) mass is 370 g/mol. The molecular weight excluding hydrogens is 340 g/mol. The van der Waals surface area contributed by atoms with Crippen molar-refractivity contribution in [1.82, 2.24) is 10.0 Å². The largest absolute Gasteiger partial charge is 0.497 e. The number of methoxy groups -OCH3 is 1. The number of benzene rings is 1. The minimum Gasteiger partial charge on any atom is -0.497 e. The van der Waals surface area contributed by atoms with Crippen molar-refractivity contribution >= 4 is 15.9 Å². The Labute approximate surface area is 151 Å². The number of nitrogens with one attached hydrogen (secondary N) is 2. The highest BCUT2D eigenvalue weighted by atomic mass is 32.2. The molecule has 0 aliphatic heterocycles. The fraction of sp³-hybridized carbons (Fsp3) is 0.611. The number of unbranched alkanes of at least 4 members (excludes halogenated alkanes) is 3. The molecule has 0 fully saturated rings. The van der Waals surface area contributed by atoms with Gasteiger partial charge in [-0.25, -0.2) is 8.42 Å². The molecular formula is C18H30N2O4S. The van der Waals surface area contributed by atoms with Gasteiger partial charge in [0, 0.05) is 6.54 Å². The average molecular weight is 371 g/mol. The molecule has 0 bridgehead atoms. The van der Waals surface area contributed by atoms with E-state index in [4.69, 9.17) is 4.74 Å². The fourth-order valence-electron chi connectivity index (χ4n) is 2.36. The lowest BCUT2D eigenvalue weighted by Crippen LogP contribution is -2.49. The van der Waals surface area contributed by atoms with Gasteiger partial charge in [0.1, 0.15) is 11.8 Å². The number of hydrogen-bond acceptors (Lipinski definition) is 4. The van der Waals surface area contributed by atoms with Crippen molar-refractivity contribution in [3.63, 3.8) is 0 Å². The fourth-order valence-corrected chi connectivity index (χ4v) is 3.70. The summed E-state index contributed by atoms with van der Waals surface area (Å²) < 4.78 is 32.6. The summed E-state index contributed by atoms with van der Waals surface area (Å²) in [6, 6.07) is 5.26. The molecule has 2 N–H and O–H groups in total. The van der Waals surface area contributed by atoms with Gasteiger partial charge in [-0.15, -0.1) is 0 Å². The van der Waals surface area contributed by atoms with Crippen LogP contribution in [0.15, 0.2) is 29.2 Å². The molecule has 1 atom stereocenters. The zero-order chi connectivity index (χ0) is 18.9. The predicted octanol–water partition coefficient (Wildman–Crippen LogP) is 2.69. The Kier molecular flexibility index (Phi) is 8.92. The second kappa shape index (κ2) is 10.4. The lowest BCUT2D eigenvalue weighted by Gasteiger charge is -2.21. The Morgan fingerprint density at radius 3 is 2.28 bits per heavy atom. The lowest BCUT2D eigenvalue weighted by molar-refractivity contribution is -0.123. The quantitative estimate of drug-likeness (QED) is 0.587. The molecule has 6 nitrogen and oxygen atoms in total. The molecule has 0 radical (unpaired) electrons. The first kappa shape index (κ1) is 21.4. The Bertz CT molecular complexity index is 627. The average Bonchev–Trinajstić information content (AvgIpc) is 2.59. The summed E-state index contributed by atoms with van der Waals surface area (Å²) in [5, 5.41) is 2.83. The van der Waals surface area contributed by atoms with Crippen molar-refractivity contribution in [2.24, 2.45) is 5.92 Å². The van der Waals surface area contributed by atoms with Gasteiger partial charge in [-0.2, -0.15) is 4.72 Å². The summed E-state index contributed by atoms with van der Waals surface area (Å²) in [6.07, 6.45) is 4.22. The SMILES string of the molecule is CCCCCCNC(=O)[C@@H](NS(=O)(=O)c1ccc(OC)cc1)C(C)C. The van der Waals surface area contributed by atoms with Crippen molar-refractivity contribution < 1.29 is 17.9 Å². The van der Waals surface area contributed by atoms with E-state index in [0.29, 0.717) is 12.3 Å². The van der Waals surface area contributed by atoms with Crippen LogP contribution < -0.4 is 14.8 Å². The molecule has 1 aromatic rings. The molecule has 0 saturated carbocycles. The van der Waals surface area contributed by atoms with Crippen LogP contribution in [-0.4, -0.2) is 34.0 Å². The highest BCUT2D eigenvalue weighted by molar-refractivity contribution is 7.89. The summed E-state index contributed by atoms with van der Waals surface area (Å²) in [7, 11) is -2.26. The van der Waals surface area contributed by atoms with E-state index in [-0.39, 0.29) is 16.7 Å². The minimum atomic E-state index is -3.78. The molecule has 1 amide bonds. The number of sulfonamides is 1. The van der Waals surface area contributed by atoms with Crippen molar-refractivity contribution in [3.8, 4) is 5.75 Å². The van der Waals surface area contributed by atoms with Gasteiger partial charge in [0.15, 0.2) is 0 Å². The second-order valence-electron chi connectivity index (χ2n) is 6.37. The highest BCUT2D eigenvalue weighted by Gasteiger charge is 2.28. The van der Waals surface area contributed by atoms with Gasteiger partial charge < -0.3 is 10.1 Å². The van der Waals surface area contributed by atoms with Crippen LogP contribution >= 0.6 is 0 Å². The minimum absolute atomic E-state index is 0.106. The van der Waals surface area contributed by atoms with Crippen molar-refractivity contribution in [2.45, 2.75) is 57.4 Å². The van der Waals surface area contributed by atoms with E-state index in [1.165, 1.54) is 19.2 Å². The van der Waals surface area contributed by atoms with Crippen LogP contribution in [0.5, 0.6) is 5.75 Å². The Morgan fingerprint density at radius 2 is 1.76 bits per heavy atom. The number of carbonyl (C=O) groups is 1. The smallest absolute Gasteiger partial charge is 0.241 e. The highest BCUT2D eigenvalue weighted by Crippen LogP contribution is 2.16. The molecule has 0 spiro atoms. The van der Waals surface area contributed by atoms with E-state index >= 15 is 0 Å². The van der Waals surface area contributed by atoms with Gasteiger partial charge in [0.05, 0.1) is 12.0 Å². The van der Waals surface area contributed by atoms with E-state index in [2.05, 4.69) is 17.0 Å². The third-order valence-corrected chi connectivity index (χ3v) is 5.39. The van der Waals surface area contributed by atoms with Crippen LogP contribution in [-0.2, 0) is 14.8 Å². The molecule has 0 aliphatic carbocycles. The number of hydrogen-bond donors (Lipinski definition) is 2. The van der Waals surface area contributed by atoms with Gasteiger partial charge in [0.25, 0.3) is 0 Å². The van der Waals surface area contributed by atoms with Gasteiger partial charge in [-0.05, 0) is 36.6 Å². The first-order valence-electron chi connectivity index (χ1n) is 8.76. The van der Waals surface area contributed by atoms with Crippen LogP contribution in [0.1, 0.15) is 46.5 Å². The summed E-state index contributed by atoms with van der Waals surface area (Å²) in [5.41, 5.74) is 0. The van der Waals surface area contributed by atoms with E-state index < -0.39 is 16.1 Å². The third kappa shape index (κ3) is 7.04. The molecule has 1 rings (SSSR count). The second-order valence-corrected chi connectivity index (χ2v) is 8.08. The van der Waals surface area contributed by atoms with E-state index in [1.54, 1.807) is 12.1 Å². The molecule has 0 unspecified atom stereocenters. The zero-order valence-electron chi connectivity index (χ0n) is 15.5. The van der Waals surface area contributed by atoms with Crippen molar-refractivity contribution in [2.75, 3.05) is 13.7 Å². The van der Waals surface area contributed by atoms with Crippen LogP contribution in [0.2, 0.25) is 0 Å². The number of amides is 1. The first-order chi connectivity index (χ1) is 11.8. The van der Waals surface area contributed by atoms with Gasteiger partial charge in [-0.3, -0.25) is 4.79 Å². The third-order valence-electron chi connectivity index (χ3n) is 3.93. The van der Waals surface area contributed by atoms with Crippen molar-refractivity contribution in [1.29, 1.82) is 0 Å². The Balaban J connectivity index is 2.73. The van der Waals surface area contributed by atoms with Gasteiger partial charge >= 0.3 is 0 Å². The van der Waals surface area contributed by atoms with E-state index in [1.807, 2.05) is 13.8 Å². The summed E-state index contributed by atoms with van der Waals surface area (Å²) in [4.78, 5) is 12.5. The maximum absolute atomic E-state index is 12.5. The van der Waals surface area contributed by atoms with Crippen LogP contribution in [0.3, 0.4) is 0 Å². The van der Waals surface area contributed by atoms with Crippen LogP contribution in [0, 0.1) is 5.92 Å². The van der Waals surface area contributed by atoms with Crippen LogP contribution in [0.4, 0.5) is 0 Å². The summed E-state index contributed by atoms with van der Waals surface area (Å²) >= 11 is 0. The predicted molar refractivity (Wildman–Crippen MR) is 99.1 cm³/mol. The standard InChI is InChI=1S/C18H30N2O4S/c1-5-6-7-8-13-19-18(21)17(14(2)3)20-25(22,23)16-11-9-15(24-4)10-12-16/h9-12,14,17,20H,5-8,13H2,1-4H3,(H,19,21)/t17-/m0/s1. The van der Waals surface area contributed by atoms with E-state index in [9.17, 15) is 13.2 Å². The lowest BCUT2D eigenvalue weighted by atomic mass is 10.0. The molecule has 7 heteroatoms. The number of carbonyl (C=O) groups excluding carboxylic acids is 1. The number of ether oxygens (including phenoxy) is 1. The first-order valence-corrected chi connectivity index (χ1v) is 10.2. The zero-order valence-corrected chi connectivity index (χ0v) is 16.4. The molecule has 1 aromatic carbocycles. The topological polar surface area (TPSA) is 84.5 Å². The molecule has 0 saturated heterocycles. The molecule has 25 heavy (non-hydrogen) atoms. The van der Waals surface area contributed by atoms with E-state index in [0.717, 1.165) is 25.7 Å². The van der Waals surface area contributed by atoms with Gasteiger partial charge in [-0.1, -0.05) is 40.0 Å². The van der Waals surface area contributed by atoms with Crippen LogP contribution in [0.25, 0.3) is 0 Å². The van der Waals surface area contributed by atoms with Crippen molar-refractivity contribution in [3.05, 3.63) is 24.3 Å². The maximum atomic E-state index is 12.5. The molecule has 142 valence electrons. The Morgan fingerprint density at radius 1 is 1.12 bits per heavy atom. The van der Waals surface area contributed by atoms with Gasteiger partial charge in [0.2, 0.25) is 15.9 Å². The molecule has 0 heterocycles. The normalized spacial score (nSPS) is 12.8. The Hall–Kier alpha value is -1.60. The summed E-state index contributed by atoms with van der Waals surface area (Å²) in [5.74, 6) is 0.122. The maximum Gasteiger partial charge on any atom is 0.241 e. The number of rotatable bonds is 11. The molecule has 0 aromatic heterocycles.